The summed E-state index contributed by atoms with van der Waals surface area (Å²) in [6.45, 7) is 7.93. The Hall–Kier alpha value is -15.9. The SMILES string of the molecule is COc1cc(F)cc(-c2nn(C)c3ncnc(N)c23)c1.Cc1[nH]nc2cc(-c3nn(C)c4ncnc(N)c34)ccc12.Cc1cccc(-c2nn(C)c3ncnc(N)c23)c1.Cc1n[nH]c(C)c1-c1nn(C)c2ncnc(N)c12.Cn1nc(-c2ccc(F)cc2O)c2c(N)ncnc21.Cn1nc(-c2ccc(O)cc2)c2c(N)ncnc21. The van der Waals surface area contributed by atoms with Gasteiger partial charge in [-0.15, -0.1) is 0 Å². The second-order valence-electron chi connectivity index (χ2n) is 25.9. The average molecular weight is 1540 g/mol. The van der Waals surface area contributed by atoms with E-state index in [0.29, 0.717) is 90.8 Å². The lowest BCUT2D eigenvalue weighted by Gasteiger charge is -2.04. The third-order valence-electron chi connectivity index (χ3n) is 18.3. The number of fused-ring (bicyclic) bond motifs is 7. The number of phenols is 2. The number of hydrogen-bond donors (Lipinski definition) is 10. The van der Waals surface area contributed by atoms with E-state index in [1.807, 2.05) is 72.2 Å². The van der Waals surface area contributed by atoms with Gasteiger partial charge in [0.2, 0.25) is 0 Å². The highest BCUT2D eigenvalue weighted by Gasteiger charge is 2.24. The molecule has 0 atom stereocenters. The number of aryl methyl sites for hydroxylation is 10. The Morgan fingerprint density at radius 3 is 1.19 bits per heavy atom. The molecule has 0 fully saturated rings. The first-order valence-electron chi connectivity index (χ1n) is 34.5. The number of aromatic amines is 2. The molecule has 5 aromatic carbocycles. The predicted octanol–water partition coefficient (Wildman–Crippen LogP) is 9.21. The molecule has 0 aliphatic carbocycles. The fraction of sp³-hybridized carbons (Fsp3) is 0.147. The molecule has 0 bridgehead atoms. The minimum atomic E-state index is -0.522. The lowest BCUT2D eigenvalue weighted by atomic mass is 10.1. The molecular formula is C75H72F2N34O3. The van der Waals surface area contributed by atoms with Crippen molar-refractivity contribution in [3.05, 3.63) is 175 Å². The smallest absolute Gasteiger partial charge is 0.163 e. The number of aromatic nitrogens is 28. The molecule has 39 heteroatoms. The van der Waals surface area contributed by atoms with E-state index < -0.39 is 11.6 Å². The molecule has 0 amide bonds. The Morgan fingerprint density at radius 1 is 0.368 bits per heavy atom. The predicted molar refractivity (Wildman–Crippen MR) is 427 cm³/mol. The third-order valence-corrected chi connectivity index (χ3v) is 18.3. The number of phenolic OH excluding ortho intramolecular Hbond substituents is 2. The van der Waals surface area contributed by atoms with Gasteiger partial charge in [0.05, 0.1) is 50.6 Å². The normalized spacial score (nSPS) is 11.1. The summed E-state index contributed by atoms with van der Waals surface area (Å²) < 4.78 is 41.6. The van der Waals surface area contributed by atoms with Crippen LogP contribution in [0.1, 0.15) is 22.6 Å². The molecule has 0 aliphatic rings. The monoisotopic (exact) mass is 1530 g/mol. The summed E-state index contributed by atoms with van der Waals surface area (Å²) in [6.07, 6.45) is 8.48. The Balaban J connectivity index is 0.000000113. The van der Waals surface area contributed by atoms with Crippen molar-refractivity contribution in [2.24, 2.45) is 42.3 Å². The van der Waals surface area contributed by atoms with Crippen molar-refractivity contribution in [1.82, 2.24) is 139 Å². The summed E-state index contributed by atoms with van der Waals surface area (Å²) in [5, 5.41) is 65.4. The summed E-state index contributed by atoms with van der Waals surface area (Å²) in [5.74, 6) is 1.78. The molecular weight excluding hydrogens is 1460 g/mol. The summed E-state index contributed by atoms with van der Waals surface area (Å²) in [7, 11) is 12.3. The standard InChI is InChI=1S/C14H13N7.C13H12FN5O.C13H13N5.C12H10FN5O.C12H11N5O.C11H13N7/c1-7-9-4-3-8(5-10(9)19-18-7)12-11-13(15)16-6-17-14(11)21(2)20-12;1-19-13-10(12(15)16-6-17-13)11(18-19)7-3-8(14)5-9(4-7)20-2;1-8-4-3-5-9(6-8)11-10-12(14)15-7-16-13(10)18(2)17-11;1-18-12-9(11(14)15-5-16-12)10(17-18)7-3-2-6(13)4-8(7)19;1-17-12-9(11(13)14-6-15-12)10(16-17)7-2-4-8(18)5-3-7;1-5-7(6(2)16-15-5)9-8-10(12)13-4-14-11(8)18(3)17-9/h3-6H,1-2H3,(H,18,19)(H2,15,16,17);3-6H,1-2H3,(H2,15,16,17);3-7H,1-2H3,(H2,14,15,16);2-5,19H,1H3,(H2,14,15,16);2-6,18H,1H3,(H2,13,14,15);4H,1-3H3,(H,15,16)(H2,12,13,14). The van der Waals surface area contributed by atoms with Crippen LogP contribution in [0.3, 0.4) is 0 Å². The quantitative estimate of drug-likeness (QED) is 0.0710. The zero-order valence-electron chi connectivity index (χ0n) is 62.9. The van der Waals surface area contributed by atoms with Crippen molar-refractivity contribution in [1.29, 1.82) is 0 Å². The van der Waals surface area contributed by atoms with Crippen molar-refractivity contribution >= 4 is 112 Å². The van der Waals surface area contributed by atoms with E-state index in [1.54, 1.807) is 74.9 Å². The largest absolute Gasteiger partial charge is 0.508 e. The van der Waals surface area contributed by atoms with Crippen molar-refractivity contribution in [3.63, 3.8) is 0 Å². The van der Waals surface area contributed by atoms with Crippen LogP contribution in [0.4, 0.5) is 43.7 Å². The molecule has 0 spiro atoms. The van der Waals surface area contributed by atoms with Crippen molar-refractivity contribution in [2.45, 2.75) is 27.7 Å². The number of methoxy groups -OCH3 is 1. The van der Waals surface area contributed by atoms with E-state index in [9.17, 15) is 19.0 Å². The first-order valence-corrected chi connectivity index (χ1v) is 34.5. The number of nitrogens with two attached hydrogens (primary N) is 6. The van der Waals surface area contributed by atoms with Crippen LogP contribution in [-0.2, 0) is 42.3 Å². The maximum absolute atomic E-state index is 13.6. The number of H-pyrrole nitrogens is 2. The van der Waals surface area contributed by atoms with Gasteiger partial charge in [0.25, 0.3) is 0 Å². The average Bonchev–Trinajstić information content (AvgIpc) is 1.64. The number of halogens is 2. The molecule has 0 aliphatic heterocycles. The molecule has 0 unspecified atom stereocenters. The number of nitrogens with zero attached hydrogens (tertiary/aromatic N) is 26. The van der Waals surface area contributed by atoms with Crippen LogP contribution in [0.25, 0.3) is 145 Å². The minimum absolute atomic E-state index is 0.205. The molecule has 14 aromatic heterocycles. The number of nitrogens with one attached hydrogen (secondary N) is 2. The molecule has 114 heavy (non-hydrogen) atoms. The molecule has 0 radical (unpaired) electrons. The number of nitrogen functional groups attached to an aromatic ring is 6. The molecule has 19 rings (SSSR count). The summed E-state index contributed by atoms with van der Waals surface area (Å²) >= 11 is 0. The first-order chi connectivity index (χ1) is 54.7. The Bertz CT molecular complexity index is 6830. The van der Waals surface area contributed by atoms with Gasteiger partial charge < -0.3 is 49.4 Å². The molecule has 19 aromatic rings. The molecule has 16 N–H and O–H groups in total. The maximum Gasteiger partial charge on any atom is 0.163 e. The summed E-state index contributed by atoms with van der Waals surface area (Å²) in [6, 6.07) is 29.0. The van der Waals surface area contributed by atoms with E-state index in [4.69, 9.17) is 39.1 Å². The highest BCUT2D eigenvalue weighted by molar-refractivity contribution is 6.04. The Kier molecular flexibility index (Phi) is 20.2. The van der Waals surface area contributed by atoms with Crippen LogP contribution in [0.2, 0.25) is 0 Å². The van der Waals surface area contributed by atoms with Gasteiger partial charge in [0.1, 0.15) is 136 Å². The van der Waals surface area contributed by atoms with Gasteiger partial charge in [-0.05, 0) is 88.4 Å². The minimum Gasteiger partial charge on any atom is -0.508 e. The second-order valence-corrected chi connectivity index (χ2v) is 25.9. The lowest BCUT2D eigenvalue weighted by molar-refractivity contribution is 0.411. The number of anilines is 6. The third kappa shape index (κ3) is 14.4. The van der Waals surface area contributed by atoms with E-state index in [1.165, 1.54) is 79.6 Å². The Morgan fingerprint density at radius 2 is 0.763 bits per heavy atom. The first kappa shape index (κ1) is 75.0. The number of benzene rings is 5. The van der Waals surface area contributed by atoms with Gasteiger partial charge in [0.15, 0.2) is 33.9 Å². The van der Waals surface area contributed by atoms with Crippen LogP contribution in [0.15, 0.2) is 141 Å². The van der Waals surface area contributed by atoms with Crippen molar-refractivity contribution < 1.29 is 23.7 Å². The van der Waals surface area contributed by atoms with Gasteiger partial charge in [0, 0.05) is 105 Å². The van der Waals surface area contributed by atoms with Gasteiger partial charge in [-0.2, -0.15) is 40.8 Å². The fourth-order valence-electron chi connectivity index (χ4n) is 13.0. The van der Waals surface area contributed by atoms with Gasteiger partial charge in [-0.3, -0.25) is 10.2 Å². The van der Waals surface area contributed by atoms with Crippen LogP contribution < -0.4 is 39.1 Å². The molecule has 14 heterocycles. The van der Waals surface area contributed by atoms with E-state index in [2.05, 4.69) is 130 Å². The number of ether oxygens (including phenoxy) is 1. The van der Waals surface area contributed by atoms with E-state index in [0.717, 1.165) is 112 Å². The second kappa shape index (κ2) is 30.7. The Labute approximate surface area is 643 Å². The number of hydrogen-bond acceptors (Lipinski definition) is 29. The lowest BCUT2D eigenvalue weighted by Crippen LogP contribution is -1.95. The van der Waals surface area contributed by atoms with Crippen molar-refractivity contribution in [3.8, 4) is 84.8 Å². The zero-order valence-corrected chi connectivity index (χ0v) is 62.9. The van der Waals surface area contributed by atoms with Crippen molar-refractivity contribution in [2.75, 3.05) is 41.5 Å². The van der Waals surface area contributed by atoms with Gasteiger partial charge in [-0.25, -0.2) is 96.7 Å². The number of aromatic hydroxyl groups is 2. The zero-order chi connectivity index (χ0) is 80.7. The topological polar surface area (TPSA) is 525 Å². The summed E-state index contributed by atoms with van der Waals surface area (Å²) in [5.41, 5.74) is 53.2. The highest BCUT2D eigenvalue weighted by Crippen LogP contribution is 2.39. The van der Waals surface area contributed by atoms with Crippen LogP contribution in [0, 0.1) is 39.3 Å². The van der Waals surface area contributed by atoms with Crippen LogP contribution in [0.5, 0.6) is 17.2 Å². The van der Waals surface area contributed by atoms with Crippen LogP contribution >= 0.6 is 0 Å². The van der Waals surface area contributed by atoms with E-state index >= 15 is 0 Å². The van der Waals surface area contributed by atoms with Gasteiger partial charge in [-0.1, -0.05) is 35.9 Å². The highest BCUT2D eigenvalue weighted by atomic mass is 19.1. The fourth-order valence-corrected chi connectivity index (χ4v) is 13.0. The maximum atomic E-state index is 13.6. The van der Waals surface area contributed by atoms with E-state index in [-0.39, 0.29) is 17.3 Å². The summed E-state index contributed by atoms with van der Waals surface area (Å²) in [4.78, 5) is 49.1. The molecule has 37 nitrogen and oxygen atoms in total. The van der Waals surface area contributed by atoms with Gasteiger partial charge >= 0.3 is 0 Å². The molecule has 574 valence electrons. The molecule has 0 saturated carbocycles. The molecule has 0 saturated heterocycles. The number of rotatable bonds is 7. The van der Waals surface area contributed by atoms with Crippen LogP contribution in [-0.4, -0.2) is 156 Å².